The van der Waals surface area contributed by atoms with Gasteiger partial charge in [-0.1, -0.05) is 18.2 Å². The molecular weight excluding hydrogens is 408 g/mol. The number of carbonyl (C=O) groups excluding carboxylic acids is 1. The normalized spacial score (nSPS) is 13.2. The lowest BCUT2D eigenvalue weighted by molar-refractivity contribution is 0.194. The summed E-state index contributed by atoms with van der Waals surface area (Å²) in [7, 11) is 3.22. The van der Waals surface area contributed by atoms with Crippen molar-refractivity contribution in [2.75, 3.05) is 18.9 Å². The van der Waals surface area contributed by atoms with Crippen molar-refractivity contribution in [1.29, 1.82) is 0 Å². The van der Waals surface area contributed by atoms with Crippen LogP contribution in [-0.4, -0.2) is 38.9 Å². The first kappa shape index (κ1) is 22.8. The van der Waals surface area contributed by atoms with Gasteiger partial charge in [0.05, 0.1) is 12.2 Å². The van der Waals surface area contributed by atoms with E-state index in [4.69, 9.17) is 0 Å². The Morgan fingerprint density at radius 3 is 2.59 bits per heavy atom. The van der Waals surface area contributed by atoms with Gasteiger partial charge in [-0.15, -0.1) is 5.10 Å². The van der Waals surface area contributed by atoms with Crippen LogP contribution >= 0.6 is 0 Å². The molecule has 2 N–H and O–H groups in total. The highest BCUT2D eigenvalue weighted by Gasteiger charge is 2.27. The minimum atomic E-state index is -0.326. The predicted octanol–water partition coefficient (Wildman–Crippen LogP) is 2.38. The summed E-state index contributed by atoms with van der Waals surface area (Å²) in [6, 6.07) is 3.16. The molecule has 9 nitrogen and oxygen atoms in total. The number of aromatic nitrogens is 3. The lowest BCUT2D eigenvalue weighted by Crippen LogP contribution is -2.44. The third-order valence-electron chi connectivity index (χ3n) is 5.20. The highest BCUT2D eigenvalue weighted by atomic mass is 16.2. The van der Waals surface area contributed by atoms with E-state index in [0.29, 0.717) is 41.3 Å². The molecule has 1 aliphatic heterocycles. The molecule has 0 saturated carbocycles. The SMILES string of the molecule is C=C/C(=C\C=C(C)C)n1nc(Nc2cccn(C)c2=O)c2c(c1=O)CN(C(=O)NC)CC2. The number of fused-ring (bicyclic) bond motifs is 1. The smallest absolute Gasteiger partial charge is 0.317 e. The van der Waals surface area contributed by atoms with Crippen molar-refractivity contribution in [2.24, 2.45) is 7.05 Å². The maximum absolute atomic E-state index is 13.4. The summed E-state index contributed by atoms with van der Waals surface area (Å²) in [5, 5.41) is 10.3. The molecule has 2 aromatic rings. The van der Waals surface area contributed by atoms with E-state index in [9.17, 15) is 14.4 Å². The van der Waals surface area contributed by atoms with Gasteiger partial charge in [-0.3, -0.25) is 9.59 Å². The number of urea groups is 1. The maximum atomic E-state index is 13.4. The van der Waals surface area contributed by atoms with Crippen molar-refractivity contribution in [1.82, 2.24) is 24.6 Å². The number of allylic oxidation sites excluding steroid dienone is 5. The number of pyridine rings is 1. The molecule has 0 spiro atoms. The number of aryl methyl sites for hydroxylation is 1. The van der Waals surface area contributed by atoms with Gasteiger partial charge in [-0.25, -0.2) is 4.79 Å². The zero-order valence-corrected chi connectivity index (χ0v) is 18.8. The molecule has 0 radical (unpaired) electrons. The molecule has 0 atom stereocenters. The van der Waals surface area contributed by atoms with Crippen LogP contribution in [0.25, 0.3) is 5.70 Å². The van der Waals surface area contributed by atoms with Gasteiger partial charge in [-0.2, -0.15) is 4.68 Å². The second-order valence-electron chi connectivity index (χ2n) is 7.75. The number of hydrogen-bond donors (Lipinski definition) is 2. The Morgan fingerprint density at radius 1 is 1.19 bits per heavy atom. The van der Waals surface area contributed by atoms with Crippen molar-refractivity contribution < 1.29 is 4.79 Å². The molecular formula is C23H28N6O3. The highest BCUT2D eigenvalue weighted by Crippen LogP contribution is 2.25. The molecule has 2 amide bonds. The van der Waals surface area contributed by atoms with Gasteiger partial charge in [0.1, 0.15) is 5.69 Å². The summed E-state index contributed by atoms with van der Waals surface area (Å²) in [6.45, 7) is 8.28. The highest BCUT2D eigenvalue weighted by molar-refractivity contribution is 5.74. The quantitative estimate of drug-likeness (QED) is 0.701. The fourth-order valence-electron chi connectivity index (χ4n) is 3.46. The molecule has 0 fully saturated rings. The zero-order chi connectivity index (χ0) is 23.4. The Labute approximate surface area is 186 Å². The van der Waals surface area contributed by atoms with Crippen LogP contribution in [0.3, 0.4) is 0 Å². The number of hydrogen-bond acceptors (Lipinski definition) is 5. The fraction of sp³-hybridized carbons (Fsp3) is 0.304. The number of anilines is 2. The van der Waals surface area contributed by atoms with E-state index >= 15 is 0 Å². The summed E-state index contributed by atoms with van der Waals surface area (Å²) in [5.41, 5.74) is 2.49. The van der Waals surface area contributed by atoms with Gasteiger partial charge < -0.3 is 20.1 Å². The van der Waals surface area contributed by atoms with Crippen LogP contribution < -0.4 is 21.8 Å². The Morgan fingerprint density at radius 2 is 1.94 bits per heavy atom. The van der Waals surface area contributed by atoms with Crippen molar-refractivity contribution in [3.05, 3.63) is 80.5 Å². The number of carbonyl (C=O) groups is 1. The van der Waals surface area contributed by atoms with E-state index in [-0.39, 0.29) is 23.7 Å². The Kier molecular flexibility index (Phi) is 6.77. The zero-order valence-electron chi connectivity index (χ0n) is 18.8. The monoisotopic (exact) mass is 436 g/mol. The standard InChI is InChI=1S/C23H28N6O3/c1-6-16(10-9-15(2)3)29-21(30)18-14-28(23(32)24-4)13-11-17(18)20(26-29)25-19-8-7-12-27(5)22(19)31/h6-10,12H,1,11,13-14H2,2-5H3,(H,24,32)(H,25,26)/b16-10+. The van der Waals surface area contributed by atoms with E-state index in [2.05, 4.69) is 22.3 Å². The van der Waals surface area contributed by atoms with Crippen LogP contribution in [0.15, 0.2) is 58.3 Å². The predicted molar refractivity (Wildman–Crippen MR) is 126 cm³/mol. The number of nitrogens with zero attached hydrogens (tertiary/aromatic N) is 4. The molecule has 0 aromatic carbocycles. The first-order valence-corrected chi connectivity index (χ1v) is 10.3. The molecule has 168 valence electrons. The van der Waals surface area contributed by atoms with Gasteiger partial charge in [0, 0.05) is 38.0 Å². The largest absolute Gasteiger partial charge is 0.341 e. The van der Waals surface area contributed by atoms with E-state index in [1.54, 1.807) is 49.5 Å². The molecule has 1 aliphatic rings. The third kappa shape index (κ3) is 4.56. The summed E-state index contributed by atoms with van der Waals surface area (Å²) < 4.78 is 2.72. The van der Waals surface area contributed by atoms with Crippen molar-refractivity contribution in [3.63, 3.8) is 0 Å². The maximum Gasteiger partial charge on any atom is 0.317 e. The van der Waals surface area contributed by atoms with Crippen molar-refractivity contribution in [3.8, 4) is 0 Å². The first-order chi connectivity index (χ1) is 15.3. The van der Waals surface area contributed by atoms with Gasteiger partial charge in [0.25, 0.3) is 11.1 Å². The second kappa shape index (κ2) is 9.51. The van der Waals surface area contributed by atoms with Gasteiger partial charge >= 0.3 is 6.03 Å². The van der Waals surface area contributed by atoms with Crippen LogP contribution in [0.1, 0.15) is 25.0 Å². The number of rotatable bonds is 5. The summed E-state index contributed by atoms with van der Waals surface area (Å²) in [6.07, 6.45) is 7.26. The summed E-state index contributed by atoms with van der Waals surface area (Å²) in [5.74, 6) is 0.407. The second-order valence-corrected chi connectivity index (χ2v) is 7.75. The molecule has 0 aliphatic carbocycles. The van der Waals surface area contributed by atoms with Gasteiger partial charge in [0.15, 0.2) is 5.82 Å². The average molecular weight is 437 g/mol. The molecule has 3 rings (SSSR count). The topological polar surface area (TPSA) is 101 Å². The fourth-order valence-corrected chi connectivity index (χ4v) is 3.46. The van der Waals surface area contributed by atoms with Crippen LogP contribution in [0, 0.1) is 0 Å². The number of nitrogens with one attached hydrogen (secondary N) is 2. The van der Waals surface area contributed by atoms with Gasteiger partial charge in [0.2, 0.25) is 0 Å². The van der Waals surface area contributed by atoms with E-state index in [1.165, 1.54) is 9.25 Å². The lowest BCUT2D eigenvalue weighted by atomic mass is 10.0. The molecule has 9 heteroatoms. The summed E-state index contributed by atoms with van der Waals surface area (Å²) in [4.78, 5) is 39.7. The van der Waals surface area contributed by atoms with Crippen molar-refractivity contribution >= 4 is 23.2 Å². The molecule has 0 saturated heterocycles. The first-order valence-electron chi connectivity index (χ1n) is 10.3. The minimum Gasteiger partial charge on any atom is -0.341 e. The van der Waals surface area contributed by atoms with E-state index in [1.807, 2.05) is 19.9 Å². The number of amides is 2. The van der Waals surface area contributed by atoms with Crippen LogP contribution in [0.2, 0.25) is 0 Å². The molecule has 3 heterocycles. The molecule has 0 bridgehead atoms. The van der Waals surface area contributed by atoms with Gasteiger partial charge in [-0.05, 0) is 44.6 Å². The van der Waals surface area contributed by atoms with Crippen LogP contribution in [-0.2, 0) is 20.0 Å². The Hall–Kier alpha value is -3.88. The Bertz CT molecular complexity index is 1230. The minimum absolute atomic E-state index is 0.144. The third-order valence-corrected chi connectivity index (χ3v) is 5.20. The van der Waals surface area contributed by atoms with Crippen LogP contribution in [0.5, 0.6) is 0 Å². The average Bonchev–Trinajstić information content (AvgIpc) is 2.78. The van der Waals surface area contributed by atoms with Crippen molar-refractivity contribution in [2.45, 2.75) is 26.8 Å². The Balaban J connectivity index is 2.21. The molecule has 32 heavy (non-hydrogen) atoms. The summed E-state index contributed by atoms with van der Waals surface area (Å²) >= 11 is 0. The lowest BCUT2D eigenvalue weighted by Gasteiger charge is -2.29. The molecule has 2 aromatic heterocycles. The molecule has 0 unspecified atom stereocenters. The van der Waals surface area contributed by atoms with E-state index < -0.39 is 0 Å². The van der Waals surface area contributed by atoms with Crippen LogP contribution in [0.4, 0.5) is 16.3 Å². The van der Waals surface area contributed by atoms with E-state index in [0.717, 1.165) is 5.57 Å².